The first kappa shape index (κ1) is 25.2. The lowest BCUT2D eigenvalue weighted by atomic mass is 10.2. The maximum atomic E-state index is 12.8. The molecule has 196 valence electrons. The highest BCUT2D eigenvalue weighted by Gasteiger charge is 2.26. The van der Waals surface area contributed by atoms with Crippen molar-refractivity contribution in [3.8, 4) is 0 Å². The Bertz CT molecular complexity index is 1350. The molecule has 0 bridgehead atoms. The van der Waals surface area contributed by atoms with E-state index >= 15 is 0 Å². The van der Waals surface area contributed by atoms with Crippen LogP contribution in [0.5, 0.6) is 0 Å². The van der Waals surface area contributed by atoms with Crippen molar-refractivity contribution in [3.05, 3.63) is 72.1 Å². The third-order valence-electron chi connectivity index (χ3n) is 6.61. The van der Waals surface area contributed by atoms with Crippen LogP contribution in [0.15, 0.2) is 55.3 Å². The zero-order valence-electron chi connectivity index (χ0n) is 21.6. The summed E-state index contributed by atoms with van der Waals surface area (Å²) in [4.78, 5) is 44.9. The van der Waals surface area contributed by atoms with Crippen LogP contribution >= 0.6 is 0 Å². The SMILES string of the molecule is C=CCNC(=O)c1cnc(Nc2ccc(N3CCN(C)CC3)cc2)nc1Nc1ccc2c(n1)C(=O)N(C)C2. The molecule has 1 fully saturated rings. The maximum Gasteiger partial charge on any atom is 0.272 e. The number of carbonyl (C=O) groups excluding carboxylic acids is 2. The van der Waals surface area contributed by atoms with Crippen LogP contribution < -0.4 is 20.9 Å². The maximum absolute atomic E-state index is 12.8. The van der Waals surface area contributed by atoms with Crippen LogP contribution in [0, 0.1) is 0 Å². The highest BCUT2D eigenvalue weighted by Crippen LogP contribution is 2.26. The van der Waals surface area contributed by atoms with Crippen LogP contribution in [0.25, 0.3) is 0 Å². The quantitative estimate of drug-likeness (QED) is 0.391. The van der Waals surface area contributed by atoms with Crippen LogP contribution in [0.4, 0.5) is 29.0 Å². The molecule has 1 aromatic carbocycles. The second-order valence-electron chi connectivity index (χ2n) is 9.41. The van der Waals surface area contributed by atoms with Gasteiger partial charge in [0.05, 0.1) is 0 Å². The zero-order chi connectivity index (χ0) is 26.6. The summed E-state index contributed by atoms with van der Waals surface area (Å²) in [6.45, 7) is 8.54. The van der Waals surface area contributed by atoms with Crippen LogP contribution in [-0.4, -0.2) is 83.4 Å². The Hall–Kier alpha value is -4.51. The van der Waals surface area contributed by atoms with E-state index < -0.39 is 0 Å². The molecule has 38 heavy (non-hydrogen) atoms. The number of likely N-dealkylation sites (N-methyl/N-ethyl adjacent to an activating group) is 1. The molecular weight excluding hydrogens is 482 g/mol. The van der Waals surface area contributed by atoms with Crippen molar-refractivity contribution in [2.24, 2.45) is 0 Å². The second-order valence-corrected chi connectivity index (χ2v) is 9.41. The van der Waals surface area contributed by atoms with Gasteiger partial charge in [-0.1, -0.05) is 12.1 Å². The van der Waals surface area contributed by atoms with Gasteiger partial charge in [0.1, 0.15) is 22.9 Å². The van der Waals surface area contributed by atoms with E-state index in [2.05, 4.69) is 66.5 Å². The number of nitrogens with zero attached hydrogens (tertiary/aromatic N) is 6. The third kappa shape index (κ3) is 5.42. The Balaban J connectivity index is 1.37. The molecule has 4 heterocycles. The number of amides is 2. The van der Waals surface area contributed by atoms with Crippen molar-refractivity contribution in [1.82, 2.24) is 30.1 Å². The molecule has 11 heteroatoms. The molecule has 0 radical (unpaired) electrons. The van der Waals surface area contributed by atoms with Crippen molar-refractivity contribution in [1.29, 1.82) is 0 Å². The van der Waals surface area contributed by atoms with E-state index in [1.165, 1.54) is 11.9 Å². The number of hydrogen-bond donors (Lipinski definition) is 3. The van der Waals surface area contributed by atoms with E-state index in [9.17, 15) is 9.59 Å². The van der Waals surface area contributed by atoms with Gasteiger partial charge >= 0.3 is 0 Å². The third-order valence-corrected chi connectivity index (χ3v) is 6.61. The number of aromatic nitrogens is 3. The topological polar surface area (TPSA) is 119 Å². The number of carbonyl (C=O) groups is 2. The van der Waals surface area contributed by atoms with Crippen LogP contribution in [0.3, 0.4) is 0 Å². The number of piperazine rings is 1. The molecule has 2 aliphatic heterocycles. The molecule has 2 aromatic heterocycles. The Morgan fingerprint density at radius 1 is 1.03 bits per heavy atom. The van der Waals surface area contributed by atoms with Gasteiger partial charge in [-0.3, -0.25) is 9.59 Å². The molecule has 0 spiro atoms. The summed E-state index contributed by atoms with van der Waals surface area (Å²) in [6.07, 6.45) is 3.05. The molecule has 3 N–H and O–H groups in total. The van der Waals surface area contributed by atoms with Gasteiger partial charge in [-0.15, -0.1) is 6.58 Å². The first-order chi connectivity index (χ1) is 18.4. The van der Waals surface area contributed by atoms with Crippen molar-refractivity contribution in [3.63, 3.8) is 0 Å². The molecule has 3 aromatic rings. The Morgan fingerprint density at radius 3 is 2.53 bits per heavy atom. The predicted molar refractivity (Wildman–Crippen MR) is 147 cm³/mol. The largest absolute Gasteiger partial charge is 0.369 e. The number of rotatable bonds is 8. The average Bonchev–Trinajstić information content (AvgIpc) is 3.21. The van der Waals surface area contributed by atoms with Gasteiger partial charge in [0.15, 0.2) is 0 Å². The highest BCUT2D eigenvalue weighted by atomic mass is 16.2. The summed E-state index contributed by atoms with van der Waals surface area (Å²) in [7, 11) is 3.87. The molecule has 1 saturated heterocycles. The molecule has 2 amide bonds. The smallest absolute Gasteiger partial charge is 0.272 e. The average molecular weight is 514 g/mol. The first-order valence-electron chi connectivity index (χ1n) is 12.5. The van der Waals surface area contributed by atoms with Gasteiger partial charge in [-0.25, -0.2) is 9.97 Å². The molecule has 0 unspecified atom stereocenters. The lowest BCUT2D eigenvalue weighted by Crippen LogP contribution is -2.44. The summed E-state index contributed by atoms with van der Waals surface area (Å²) in [5.41, 5.74) is 3.49. The lowest BCUT2D eigenvalue weighted by molar-refractivity contribution is 0.0812. The van der Waals surface area contributed by atoms with E-state index in [1.807, 2.05) is 18.2 Å². The van der Waals surface area contributed by atoms with Crippen molar-refractivity contribution in [2.75, 3.05) is 62.4 Å². The van der Waals surface area contributed by atoms with Gasteiger partial charge in [0.25, 0.3) is 11.8 Å². The lowest BCUT2D eigenvalue weighted by Gasteiger charge is -2.34. The number of hydrogen-bond acceptors (Lipinski definition) is 9. The molecule has 0 saturated carbocycles. The molecular formula is C27H31N9O2. The molecule has 11 nitrogen and oxygen atoms in total. The van der Waals surface area contributed by atoms with Gasteiger partial charge in [0, 0.05) is 69.5 Å². The Morgan fingerprint density at radius 2 is 1.79 bits per heavy atom. The number of benzene rings is 1. The summed E-state index contributed by atoms with van der Waals surface area (Å²) in [5.74, 6) is 0.498. The van der Waals surface area contributed by atoms with Gasteiger partial charge in [-0.2, -0.15) is 4.98 Å². The van der Waals surface area contributed by atoms with E-state index in [0.717, 1.165) is 37.4 Å². The Kier molecular flexibility index (Phi) is 7.18. The van der Waals surface area contributed by atoms with Crippen LogP contribution in [-0.2, 0) is 6.54 Å². The number of fused-ring (bicyclic) bond motifs is 1. The van der Waals surface area contributed by atoms with Gasteiger partial charge in [-0.05, 0) is 37.4 Å². The minimum atomic E-state index is -0.354. The molecule has 0 aliphatic carbocycles. The normalized spacial score (nSPS) is 15.3. The fourth-order valence-electron chi connectivity index (χ4n) is 4.41. The summed E-state index contributed by atoms with van der Waals surface area (Å²) < 4.78 is 0. The summed E-state index contributed by atoms with van der Waals surface area (Å²) >= 11 is 0. The molecule has 5 rings (SSSR count). The van der Waals surface area contributed by atoms with E-state index in [0.29, 0.717) is 30.5 Å². The zero-order valence-corrected chi connectivity index (χ0v) is 21.6. The van der Waals surface area contributed by atoms with E-state index in [-0.39, 0.29) is 23.2 Å². The standard InChI is InChI=1S/C27H31N9O2/c1-4-11-28-25(37)21-16-29-27(30-19-6-8-20(9-7-19)36-14-12-34(2)13-15-36)33-24(21)32-22-10-5-18-17-35(3)26(38)23(18)31-22/h4-10,16H,1,11-15,17H2,2-3H3,(H,28,37)(H2,29,30,31,32,33). The highest BCUT2D eigenvalue weighted by molar-refractivity contribution is 6.00. The van der Waals surface area contributed by atoms with E-state index in [4.69, 9.17) is 0 Å². The van der Waals surface area contributed by atoms with Gasteiger partial charge in [0.2, 0.25) is 5.95 Å². The van der Waals surface area contributed by atoms with E-state index in [1.54, 1.807) is 24.1 Å². The monoisotopic (exact) mass is 513 g/mol. The molecule has 0 atom stereocenters. The number of anilines is 5. The minimum absolute atomic E-state index is 0.141. The Labute approximate surface area is 221 Å². The number of pyridine rings is 1. The number of nitrogens with one attached hydrogen (secondary N) is 3. The molecule has 2 aliphatic rings. The predicted octanol–water partition coefficient (Wildman–Crippen LogP) is 2.61. The van der Waals surface area contributed by atoms with Crippen LogP contribution in [0.2, 0.25) is 0 Å². The van der Waals surface area contributed by atoms with Crippen molar-refractivity contribution in [2.45, 2.75) is 6.54 Å². The van der Waals surface area contributed by atoms with Crippen molar-refractivity contribution < 1.29 is 9.59 Å². The second kappa shape index (κ2) is 10.9. The van der Waals surface area contributed by atoms with Crippen molar-refractivity contribution >= 4 is 40.8 Å². The summed E-state index contributed by atoms with van der Waals surface area (Å²) in [6, 6.07) is 11.7. The van der Waals surface area contributed by atoms with Crippen LogP contribution in [0.1, 0.15) is 26.4 Å². The minimum Gasteiger partial charge on any atom is -0.369 e. The van der Waals surface area contributed by atoms with Gasteiger partial charge < -0.3 is 30.7 Å². The fourth-order valence-corrected chi connectivity index (χ4v) is 4.41. The first-order valence-corrected chi connectivity index (χ1v) is 12.5. The fraction of sp³-hybridized carbons (Fsp3) is 0.296. The summed E-state index contributed by atoms with van der Waals surface area (Å²) in [5, 5.41) is 9.07.